The molecule has 2 rings (SSSR count). The molecule has 0 fully saturated rings. The summed E-state index contributed by atoms with van der Waals surface area (Å²) >= 11 is 0. The Morgan fingerprint density at radius 3 is 2.00 bits per heavy atom. The van der Waals surface area contributed by atoms with Gasteiger partial charge >= 0.3 is 0 Å². The minimum absolute atomic E-state index is 0.977. The van der Waals surface area contributed by atoms with E-state index in [1.54, 1.807) is 0 Å². The number of hydrogen-bond acceptors (Lipinski definition) is 0. The minimum Gasteiger partial charge on any atom is -0.347 e. The van der Waals surface area contributed by atoms with Gasteiger partial charge in [-0.05, 0) is 49.4 Å². The molecule has 0 radical (unpaired) electrons. The second-order valence-corrected chi connectivity index (χ2v) is 4.82. The SMILES string of the molecule is CCc1ccc(Cn2cc(C)c(C)c2C)cc1. The molecule has 1 aromatic carbocycles. The van der Waals surface area contributed by atoms with Crippen LogP contribution in [0.15, 0.2) is 30.5 Å². The van der Waals surface area contributed by atoms with Crippen molar-refractivity contribution in [1.29, 1.82) is 0 Å². The van der Waals surface area contributed by atoms with Crippen LogP contribution in [-0.4, -0.2) is 4.57 Å². The van der Waals surface area contributed by atoms with E-state index in [1.165, 1.54) is 27.9 Å². The Kier molecular flexibility index (Phi) is 3.37. The van der Waals surface area contributed by atoms with E-state index in [1.807, 2.05) is 0 Å². The van der Waals surface area contributed by atoms with Crippen LogP contribution in [0.1, 0.15) is 34.9 Å². The first-order valence-electron chi connectivity index (χ1n) is 6.32. The molecule has 17 heavy (non-hydrogen) atoms. The van der Waals surface area contributed by atoms with Crippen LogP contribution in [0.3, 0.4) is 0 Å². The molecular formula is C16H21N. The summed E-state index contributed by atoms with van der Waals surface area (Å²) in [6.07, 6.45) is 3.36. The van der Waals surface area contributed by atoms with Gasteiger partial charge in [0.25, 0.3) is 0 Å². The first-order valence-corrected chi connectivity index (χ1v) is 6.32. The number of aryl methyl sites for hydroxylation is 2. The van der Waals surface area contributed by atoms with Crippen molar-refractivity contribution in [2.75, 3.05) is 0 Å². The van der Waals surface area contributed by atoms with Gasteiger partial charge < -0.3 is 4.57 Å². The third-order valence-corrected chi connectivity index (χ3v) is 3.70. The molecule has 90 valence electrons. The van der Waals surface area contributed by atoms with Crippen LogP contribution >= 0.6 is 0 Å². The van der Waals surface area contributed by atoms with Crippen molar-refractivity contribution in [1.82, 2.24) is 4.57 Å². The molecule has 0 aliphatic heterocycles. The number of nitrogens with zero attached hydrogens (tertiary/aromatic N) is 1. The molecule has 0 unspecified atom stereocenters. The Bertz CT molecular complexity index is 503. The maximum absolute atomic E-state index is 2.34. The van der Waals surface area contributed by atoms with E-state index >= 15 is 0 Å². The quantitative estimate of drug-likeness (QED) is 0.746. The standard InChI is InChI=1S/C16H21N/c1-5-15-6-8-16(9-7-15)11-17-10-12(2)13(3)14(17)4/h6-10H,5,11H2,1-4H3. The third kappa shape index (κ3) is 2.44. The fourth-order valence-corrected chi connectivity index (χ4v) is 2.17. The van der Waals surface area contributed by atoms with Crippen LogP contribution in [0.2, 0.25) is 0 Å². The first kappa shape index (κ1) is 12.0. The highest BCUT2D eigenvalue weighted by Gasteiger charge is 2.05. The summed E-state index contributed by atoms with van der Waals surface area (Å²) in [7, 11) is 0. The van der Waals surface area contributed by atoms with Gasteiger partial charge in [-0.25, -0.2) is 0 Å². The predicted molar refractivity (Wildman–Crippen MR) is 73.6 cm³/mol. The average Bonchev–Trinajstić information content (AvgIpc) is 2.58. The lowest BCUT2D eigenvalue weighted by Crippen LogP contribution is -2.00. The Morgan fingerprint density at radius 2 is 1.53 bits per heavy atom. The molecule has 0 N–H and O–H groups in total. The van der Waals surface area contributed by atoms with E-state index in [0.717, 1.165) is 13.0 Å². The molecule has 0 bridgehead atoms. The molecule has 1 nitrogen and oxygen atoms in total. The fraction of sp³-hybridized carbons (Fsp3) is 0.375. The van der Waals surface area contributed by atoms with E-state index < -0.39 is 0 Å². The summed E-state index contributed by atoms with van der Waals surface area (Å²) in [6.45, 7) is 9.74. The molecule has 0 atom stereocenters. The summed E-state index contributed by atoms with van der Waals surface area (Å²) in [5.41, 5.74) is 6.95. The van der Waals surface area contributed by atoms with Crippen LogP contribution in [0.4, 0.5) is 0 Å². The van der Waals surface area contributed by atoms with Gasteiger partial charge in [0.05, 0.1) is 0 Å². The van der Waals surface area contributed by atoms with Crippen molar-refractivity contribution in [3.8, 4) is 0 Å². The normalized spacial score (nSPS) is 10.8. The fourth-order valence-electron chi connectivity index (χ4n) is 2.17. The van der Waals surface area contributed by atoms with E-state index in [-0.39, 0.29) is 0 Å². The minimum atomic E-state index is 0.977. The summed E-state index contributed by atoms with van der Waals surface area (Å²) < 4.78 is 2.34. The summed E-state index contributed by atoms with van der Waals surface area (Å²) in [5.74, 6) is 0. The monoisotopic (exact) mass is 227 g/mol. The molecule has 0 aliphatic carbocycles. The average molecular weight is 227 g/mol. The lowest BCUT2D eigenvalue weighted by molar-refractivity contribution is 0.772. The highest BCUT2D eigenvalue weighted by molar-refractivity contribution is 5.30. The van der Waals surface area contributed by atoms with E-state index in [2.05, 4.69) is 62.7 Å². The number of aromatic nitrogens is 1. The molecule has 0 amide bonds. The lowest BCUT2D eigenvalue weighted by atomic mass is 10.1. The second-order valence-electron chi connectivity index (χ2n) is 4.82. The van der Waals surface area contributed by atoms with Gasteiger partial charge in [0.1, 0.15) is 0 Å². The first-order chi connectivity index (χ1) is 8.11. The number of hydrogen-bond donors (Lipinski definition) is 0. The van der Waals surface area contributed by atoms with Crippen molar-refractivity contribution in [2.24, 2.45) is 0 Å². The Morgan fingerprint density at radius 1 is 0.941 bits per heavy atom. The van der Waals surface area contributed by atoms with Gasteiger partial charge in [-0.3, -0.25) is 0 Å². The smallest absolute Gasteiger partial charge is 0.0472 e. The van der Waals surface area contributed by atoms with Crippen LogP contribution in [0, 0.1) is 20.8 Å². The van der Waals surface area contributed by atoms with Crippen LogP contribution in [0.25, 0.3) is 0 Å². The molecule has 0 spiro atoms. The largest absolute Gasteiger partial charge is 0.347 e. The van der Waals surface area contributed by atoms with Crippen molar-refractivity contribution >= 4 is 0 Å². The van der Waals surface area contributed by atoms with Crippen molar-refractivity contribution in [3.05, 3.63) is 58.4 Å². The van der Waals surface area contributed by atoms with Gasteiger partial charge in [0, 0.05) is 18.4 Å². The maximum Gasteiger partial charge on any atom is 0.0472 e. The lowest BCUT2D eigenvalue weighted by Gasteiger charge is -2.07. The molecule has 1 aromatic heterocycles. The van der Waals surface area contributed by atoms with E-state index in [0.29, 0.717) is 0 Å². The van der Waals surface area contributed by atoms with Crippen molar-refractivity contribution in [2.45, 2.75) is 40.7 Å². The maximum atomic E-state index is 2.34. The Labute approximate surface area is 104 Å². The van der Waals surface area contributed by atoms with Crippen molar-refractivity contribution in [3.63, 3.8) is 0 Å². The number of benzene rings is 1. The molecule has 0 saturated carbocycles. The zero-order valence-electron chi connectivity index (χ0n) is 11.2. The Hall–Kier alpha value is -1.50. The van der Waals surface area contributed by atoms with Crippen LogP contribution < -0.4 is 0 Å². The van der Waals surface area contributed by atoms with Gasteiger partial charge in [-0.1, -0.05) is 31.2 Å². The Balaban J connectivity index is 2.22. The third-order valence-electron chi connectivity index (χ3n) is 3.70. The number of rotatable bonds is 3. The zero-order valence-corrected chi connectivity index (χ0v) is 11.2. The molecule has 1 heteroatoms. The van der Waals surface area contributed by atoms with Gasteiger partial charge in [0.15, 0.2) is 0 Å². The molecule has 2 aromatic rings. The zero-order chi connectivity index (χ0) is 12.4. The molecule has 0 aliphatic rings. The highest BCUT2D eigenvalue weighted by Crippen LogP contribution is 2.16. The molecule has 1 heterocycles. The summed E-state index contributed by atoms with van der Waals surface area (Å²) in [6, 6.07) is 8.94. The van der Waals surface area contributed by atoms with Crippen LogP contribution in [-0.2, 0) is 13.0 Å². The topological polar surface area (TPSA) is 4.93 Å². The highest BCUT2D eigenvalue weighted by atomic mass is 15.0. The predicted octanol–water partition coefficient (Wildman–Crippen LogP) is 4.02. The molecule has 0 saturated heterocycles. The van der Waals surface area contributed by atoms with Crippen molar-refractivity contribution < 1.29 is 0 Å². The summed E-state index contributed by atoms with van der Waals surface area (Å²) in [5, 5.41) is 0. The van der Waals surface area contributed by atoms with E-state index in [9.17, 15) is 0 Å². The van der Waals surface area contributed by atoms with Crippen LogP contribution in [0.5, 0.6) is 0 Å². The van der Waals surface area contributed by atoms with Gasteiger partial charge in [-0.2, -0.15) is 0 Å². The van der Waals surface area contributed by atoms with Gasteiger partial charge in [0.2, 0.25) is 0 Å². The van der Waals surface area contributed by atoms with E-state index in [4.69, 9.17) is 0 Å². The summed E-state index contributed by atoms with van der Waals surface area (Å²) in [4.78, 5) is 0. The van der Waals surface area contributed by atoms with Gasteiger partial charge in [-0.15, -0.1) is 0 Å². The second kappa shape index (κ2) is 4.79. The molecular weight excluding hydrogens is 206 g/mol.